The fourth-order valence-electron chi connectivity index (χ4n) is 5.92. The third-order valence-corrected chi connectivity index (χ3v) is 8.64. The molecule has 3 rings (SSSR count). The molecule has 0 radical (unpaired) electrons. The Morgan fingerprint density at radius 2 is 1.49 bits per heavy atom. The van der Waals surface area contributed by atoms with E-state index >= 15 is 0 Å². The van der Waals surface area contributed by atoms with Crippen LogP contribution in [-0.4, -0.2) is 50.6 Å². The molecule has 0 amide bonds. The molecule has 0 saturated carbocycles. The number of aliphatic hydroxyl groups is 2. The van der Waals surface area contributed by atoms with Crippen LogP contribution in [0.25, 0.3) is 10.8 Å². The standard InChI is InChI=1S/C36H48O7/c1-21(2)11-8-15-26(20-37)16-10-14-22(3)12-9-13-23(4)17-18-36(43-7)34(41)29-27(38)19-24(5)28-30(29)31(35(36)42)33(40)25(6)32(28)39/h11-12,16-17,19,35,37-40,42H,8-10,13-15,18,20H2,1-7H3/b22-12+,23-17+,26-16-/t35?,36-/m0/s1. The topological polar surface area (TPSA) is 127 Å². The first-order chi connectivity index (χ1) is 20.3. The van der Waals surface area contributed by atoms with Gasteiger partial charge in [0.05, 0.1) is 12.2 Å². The van der Waals surface area contributed by atoms with E-state index in [4.69, 9.17) is 4.74 Å². The van der Waals surface area contributed by atoms with Gasteiger partial charge >= 0.3 is 0 Å². The second kappa shape index (κ2) is 14.4. The molecule has 0 spiro atoms. The molecule has 1 unspecified atom stereocenters. The molecule has 1 aliphatic rings. The molecule has 0 saturated heterocycles. The Bertz CT molecular complexity index is 1490. The molecule has 0 aromatic heterocycles. The first-order valence-electron chi connectivity index (χ1n) is 15.0. The summed E-state index contributed by atoms with van der Waals surface area (Å²) in [6, 6.07) is 1.41. The number of benzene rings is 2. The molecule has 5 N–H and O–H groups in total. The molecule has 7 nitrogen and oxygen atoms in total. The Morgan fingerprint density at radius 3 is 2.09 bits per heavy atom. The average Bonchev–Trinajstić information content (AvgIpc) is 2.94. The predicted molar refractivity (Wildman–Crippen MR) is 172 cm³/mol. The Labute approximate surface area is 255 Å². The molecule has 0 bridgehead atoms. The quantitative estimate of drug-likeness (QED) is 0.151. The van der Waals surface area contributed by atoms with Crippen LogP contribution in [0.5, 0.6) is 17.2 Å². The van der Waals surface area contributed by atoms with Gasteiger partial charge in [-0.3, -0.25) is 4.79 Å². The van der Waals surface area contributed by atoms with Crippen molar-refractivity contribution in [2.45, 2.75) is 98.2 Å². The smallest absolute Gasteiger partial charge is 0.202 e. The molecule has 2 atom stereocenters. The Kier molecular flexibility index (Phi) is 11.4. The largest absolute Gasteiger partial charge is 0.507 e. The lowest BCUT2D eigenvalue weighted by Crippen LogP contribution is -2.48. The highest BCUT2D eigenvalue weighted by Gasteiger charge is 2.52. The molecule has 7 heteroatoms. The van der Waals surface area contributed by atoms with Gasteiger partial charge in [0.2, 0.25) is 5.78 Å². The number of Topliss-reactive ketones (excluding diaryl/α,β-unsaturated/α-hetero) is 1. The lowest BCUT2D eigenvalue weighted by molar-refractivity contribution is -0.0778. The fraction of sp³-hybridized carbons (Fsp3) is 0.472. The van der Waals surface area contributed by atoms with Crippen LogP contribution in [-0.2, 0) is 4.74 Å². The van der Waals surface area contributed by atoms with E-state index in [-0.39, 0.29) is 52.4 Å². The molecule has 0 fully saturated rings. The number of hydrogen-bond acceptors (Lipinski definition) is 7. The average molecular weight is 593 g/mol. The van der Waals surface area contributed by atoms with E-state index < -0.39 is 17.5 Å². The number of allylic oxidation sites excluding steroid dienone is 6. The Hall–Kier alpha value is -3.39. The minimum absolute atomic E-state index is 0.0348. The molecule has 0 heterocycles. The molecule has 2 aromatic carbocycles. The van der Waals surface area contributed by atoms with Gasteiger partial charge in [-0.1, -0.05) is 41.0 Å². The molecule has 234 valence electrons. The van der Waals surface area contributed by atoms with E-state index in [0.717, 1.165) is 49.7 Å². The van der Waals surface area contributed by atoms with Crippen LogP contribution in [0.3, 0.4) is 0 Å². The van der Waals surface area contributed by atoms with Crippen molar-refractivity contribution in [2.24, 2.45) is 0 Å². The summed E-state index contributed by atoms with van der Waals surface area (Å²) in [4.78, 5) is 13.9. The summed E-state index contributed by atoms with van der Waals surface area (Å²) < 4.78 is 5.74. The van der Waals surface area contributed by atoms with Crippen molar-refractivity contribution in [2.75, 3.05) is 13.7 Å². The van der Waals surface area contributed by atoms with Crippen molar-refractivity contribution in [3.05, 3.63) is 74.9 Å². The second-order valence-electron chi connectivity index (χ2n) is 12.1. The molecule has 1 aliphatic carbocycles. The summed E-state index contributed by atoms with van der Waals surface area (Å²) in [5.41, 5.74) is 3.56. The van der Waals surface area contributed by atoms with E-state index in [0.29, 0.717) is 10.9 Å². The minimum Gasteiger partial charge on any atom is -0.507 e. The van der Waals surface area contributed by atoms with Crippen LogP contribution < -0.4 is 0 Å². The third kappa shape index (κ3) is 7.06. The third-order valence-electron chi connectivity index (χ3n) is 8.64. The number of aliphatic hydroxyl groups excluding tert-OH is 2. The summed E-state index contributed by atoms with van der Waals surface area (Å²) in [6.07, 6.45) is 12.1. The van der Waals surface area contributed by atoms with Gasteiger partial charge in [0.1, 0.15) is 23.4 Å². The minimum atomic E-state index is -1.76. The van der Waals surface area contributed by atoms with Crippen LogP contribution >= 0.6 is 0 Å². The monoisotopic (exact) mass is 592 g/mol. The highest BCUT2D eigenvalue weighted by Crippen LogP contribution is 2.54. The molecule has 0 aliphatic heterocycles. The summed E-state index contributed by atoms with van der Waals surface area (Å²) in [5.74, 6) is -1.41. The maximum Gasteiger partial charge on any atom is 0.202 e. The lowest BCUT2D eigenvalue weighted by Gasteiger charge is -2.40. The van der Waals surface area contributed by atoms with E-state index in [2.05, 4.69) is 39.0 Å². The number of rotatable bonds is 13. The van der Waals surface area contributed by atoms with Gasteiger partial charge in [-0.05, 0) is 97.3 Å². The van der Waals surface area contributed by atoms with Crippen molar-refractivity contribution in [3.63, 3.8) is 0 Å². The summed E-state index contributed by atoms with van der Waals surface area (Å²) in [7, 11) is 1.34. The number of aryl methyl sites for hydroxylation is 1. The summed E-state index contributed by atoms with van der Waals surface area (Å²) >= 11 is 0. The SMILES string of the molecule is CO[C@@]1(C/C=C(\C)CC/C=C(\C)CC/C=C(\CO)CCC=C(C)C)C(=O)c2c(O)cc(C)c3c(O)c(C)c(O)c(c23)C1O. The van der Waals surface area contributed by atoms with Gasteiger partial charge in [-0.15, -0.1) is 0 Å². The summed E-state index contributed by atoms with van der Waals surface area (Å²) in [6.45, 7) is 11.5. The van der Waals surface area contributed by atoms with Crippen molar-refractivity contribution < 1.29 is 35.1 Å². The maximum atomic E-state index is 13.9. The van der Waals surface area contributed by atoms with Crippen LogP contribution in [0.2, 0.25) is 0 Å². The zero-order valence-corrected chi connectivity index (χ0v) is 26.7. The van der Waals surface area contributed by atoms with Gasteiger partial charge in [0, 0.05) is 35.4 Å². The van der Waals surface area contributed by atoms with Gasteiger partial charge in [-0.2, -0.15) is 0 Å². The highest BCUT2D eigenvalue weighted by molar-refractivity contribution is 6.20. The van der Waals surface area contributed by atoms with E-state index in [1.165, 1.54) is 31.2 Å². The fourth-order valence-corrected chi connectivity index (χ4v) is 5.92. The van der Waals surface area contributed by atoms with Crippen molar-refractivity contribution in [1.82, 2.24) is 0 Å². The van der Waals surface area contributed by atoms with Crippen LogP contribution in [0, 0.1) is 13.8 Å². The number of carbonyl (C=O) groups excluding carboxylic acids is 1. The lowest BCUT2D eigenvalue weighted by atomic mass is 9.71. The zero-order valence-electron chi connectivity index (χ0n) is 26.7. The van der Waals surface area contributed by atoms with Gasteiger partial charge in [0.25, 0.3) is 0 Å². The van der Waals surface area contributed by atoms with Crippen LogP contribution in [0.4, 0.5) is 0 Å². The van der Waals surface area contributed by atoms with Gasteiger partial charge in [-0.25, -0.2) is 0 Å². The van der Waals surface area contributed by atoms with Crippen LogP contribution in [0.1, 0.15) is 106 Å². The number of aromatic hydroxyl groups is 3. The van der Waals surface area contributed by atoms with E-state index in [9.17, 15) is 30.3 Å². The maximum absolute atomic E-state index is 13.9. The number of ether oxygens (including phenoxy) is 1. The molecule has 43 heavy (non-hydrogen) atoms. The first-order valence-corrected chi connectivity index (χ1v) is 15.0. The molecular formula is C36H48O7. The Balaban J connectivity index is 1.75. The van der Waals surface area contributed by atoms with Gasteiger partial charge < -0.3 is 30.3 Å². The van der Waals surface area contributed by atoms with E-state index in [1.807, 2.05) is 13.0 Å². The van der Waals surface area contributed by atoms with Crippen molar-refractivity contribution in [3.8, 4) is 17.2 Å². The summed E-state index contributed by atoms with van der Waals surface area (Å²) in [5, 5.41) is 54.3. The number of carbonyl (C=O) groups is 1. The zero-order chi connectivity index (χ0) is 32.1. The molecule has 2 aromatic rings. The number of phenolic OH excluding ortho intramolecular Hbond substituents is 3. The first kappa shape index (κ1) is 34.1. The number of hydrogen-bond donors (Lipinski definition) is 5. The number of methoxy groups -OCH3 is 1. The van der Waals surface area contributed by atoms with Crippen LogP contribution in [0.15, 0.2) is 52.7 Å². The number of phenols is 3. The normalized spacial score (nSPS) is 19.3. The van der Waals surface area contributed by atoms with Crippen molar-refractivity contribution in [1.29, 1.82) is 0 Å². The van der Waals surface area contributed by atoms with Gasteiger partial charge in [0.15, 0.2) is 5.60 Å². The number of ketones is 1. The van der Waals surface area contributed by atoms with Crippen molar-refractivity contribution >= 4 is 16.6 Å². The second-order valence-corrected chi connectivity index (χ2v) is 12.1. The van der Waals surface area contributed by atoms with E-state index in [1.54, 1.807) is 6.92 Å². The predicted octanol–water partition coefficient (Wildman–Crippen LogP) is 7.70. The molecular weight excluding hydrogens is 544 g/mol. The highest BCUT2D eigenvalue weighted by atomic mass is 16.5. The Morgan fingerprint density at radius 1 is 0.884 bits per heavy atom.